The van der Waals surface area contributed by atoms with Crippen LogP contribution in [0.25, 0.3) is 0 Å². The molecule has 0 unspecified atom stereocenters. The van der Waals surface area contributed by atoms with Gasteiger partial charge in [-0.05, 0) is 50.2 Å². The zero-order valence-electron chi connectivity index (χ0n) is 14.8. The van der Waals surface area contributed by atoms with Crippen molar-refractivity contribution >= 4 is 0 Å². The van der Waals surface area contributed by atoms with Crippen LogP contribution in [0, 0.1) is 35.3 Å². The van der Waals surface area contributed by atoms with Crippen molar-refractivity contribution in [3.63, 3.8) is 0 Å². The van der Waals surface area contributed by atoms with Crippen LogP contribution in [0.3, 0.4) is 0 Å². The van der Waals surface area contributed by atoms with Gasteiger partial charge >= 0.3 is 0 Å². The van der Waals surface area contributed by atoms with E-state index in [0.29, 0.717) is 12.5 Å². The molecular formula is C21H28F2O. The lowest BCUT2D eigenvalue weighted by Crippen LogP contribution is -2.13. The molecule has 1 saturated carbocycles. The van der Waals surface area contributed by atoms with Crippen LogP contribution in [-0.4, -0.2) is 6.61 Å². The Labute approximate surface area is 144 Å². The maximum atomic E-state index is 14.1. The fraction of sp³-hybridized carbons (Fsp3) is 0.619. The van der Waals surface area contributed by atoms with E-state index in [1.165, 1.54) is 44.2 Å². The molecule has 0 N–H and O–H groups in total. The van der Waals surface area contributed by atoms with Crippen LogP contribution < -0.4 is 4.74 Å². The van der Waals surface area contributed by atoms with Crippen LogP contribution in [-0.2, 0) is 0 Å². The molecule has 2 rings (SSSR count). The van der Waals surface area contributed by atoms with Gasteiger partial charge in [-0.25, -0.2) is 4.39 Å². The number of ether oxygens (including phenoxy) is 1. The zero-order chi connectivity index (χ0) is 17.4. The number of benzene rings is 1. The van der Waals surface area contributed by atoms with Gasteiger partial charge in [0.2, 0.25) is 5.82 Å². The minimum absolute atomic E-state index is 0.0312. The van der Waals surface area contributed by atoms with Crippen molar-refractivity contribution < 1.29 is 13.5 Å². The third-order valence-electron chi connectivity index (χ3n) is 4.73. The molecule has 0 aromatic heterocycles. The summed E-state index contributed by atoms with van der Waals surface area (Å²) in [6, 6.07) is 2.99. The van der Waals surface area contributed by atoms with Crippen molar-refractivity contribution in [1.29, 1.82) is 0 Å². The summed E-state index contributed by atoms with van der Waals surface area (Å²) in [5.41, 5.74) is 0.129. The lowest BCUT2D eigenvalue weighted by Gasteiger charge is -2.25. The predicted molar refractivity (Wildman–Crippen MR) is 94.0 cm³/mol. The van der Waals surface area contributed by atoms with Crippen molar-refractivity contribution in [2.24, 2.45) is 11.8 Å². The van der Waals surface area contributed by atoms with E-state index in [0.717, 1.165) is 25.2 Å². The first kappa shape index (κ1) is 18.8. The molecule has 132 valence electrons. The largest absolute Gasteiger partial charge is 0.490 e. The van der Waals surface area contributed by atoms with Gasteiger partial charge in [0.15, 0.2) is 11.6 Å². The molecule has 1 fully saturated rings. The molecule has 1 aliphatic rings. The number of hydrogen-bond donors (Lipinski definition) is 0. The smallest absolute Gasteiger partial charge is 0.201 e. The van der Waals surface area contributed by atoms with Crippen LogP contribution in [0.2, 0.25) is 0 Å². The number of halogens is 2. The topological polar surface area (TPSA) is 9.23 Å². The second kappa shape index (κ2) is 9.67. The second-order valence-corrected chi connectivity index (χ2v) is 6.72. The quantitative estimate of drug-likeness (QED) is 0.571. The fourth-order valence-corrected chi connectivity index (χ4v) is 3.22. The van der Waals surface area contributed by atoms with E-state index >= 15 is 0 Å². The van der Waals surface area contributed by atoms with Crippen molar-refractivity contribution in [1.82, 2.24) is 0 Å². The number of hydrogen-bond acceptors (Lipinski definition) is 1. The molecule has 0 spiro atoms. The van der Waals surface area contributed by atoms with Gasteiger partial charge in [0, 0.05) is 5.92 Å². The Morgan fingerprint density at radius 3 is 2.46 bits per heavy atom. The van der Waals surface area contributed by atoms with Gasteiger partial charge in [-0.2, -0.15) is 4.39 Å². The van der Waals surface area contributed by atoms with Crippen LogP contribution >= 0.6 is 0 Å². The Balaban J connectivity index is 1.95. The average Bonchev–Trinajstić information content (AvgIpc) is 2.61. The van der Waals surface area contributed by atoms with Gasteiger partial charge in [0.05, 0.1) is 12.2 Å². The number of rotatable bonds is 6. The van der Waals surface area contributed by atoms with E-state index < -0.39 is 11.6 Å². The van der Waals surface area contributed by atoms with Crippen LogP contribution in [0.4, 0.5) is 8.78 Å². The Kier molecular flexibility index (Phi) is 7.56. The maximum Gasteiger partial charge on any atom is 0.201 e. The number of unbranched alkanes of at least 4 members (excludes halogenated alkanes) is 1. The van der Waals surface area contributed by atoms with Crippen LogP contribution in [0.1, 0.15) is 70.8 Å². The van der Waals surface area contributed by atoms with Crippen molar-refractivity contribution in [3.05, 3.63) is 29.3 Å². The highest BCUT2D eigenvalue weighted by Crippen LogP contribution is 2.31. The molecule has 1 nitrogen and oxygen atoms in total. The molecule has 0 radical (unpaired) electrons. The molecular weight excluding hydrogens is 306 g/mol. The third kappa shape index (κ3) is 5.23. The Morgan fingerprint density at radius 1 is 1.04 bits per heavy atom. The van der Waals surface area contributed by atoms with E-state index in [1.807, 2.05) is 6.92 Å². The molecule has 1 aromatic carbocycles. The highest BCUT2D eigenvalue weighted by Gasteiger charge is 2.19. The average molecular weight is 334 g/mol. The van der Waals surface area contributed by atoms with E-state index in [1.54, 1.807) is 0 Å². The molecule has 0 saturated heterocycles. The highest BCUT2D eigenvalue weighted by atomic mass is 19.2. The molecule has 0 amide bonds. The Bertz CT molecular complexity index is 577. The Hall–Kier alpha value is -1.56. The maximum absolute atomic E-state index is 14.1. The van der Waals surface area contributed by atoms with Gasteiger partial charge in [-0.15, -0.1) is 0 Å². The van der Waals surface area contributed by atoms with Crippen molar-refractivity contribution in [2.45, 2.75) is 65.2 Å². The first-order valence-corrected chi connectivity index (χ1v) is 9.28. The molecule has 1 aliphatic carbocycles. The first-order chi connectivity index (χ1) is 11.7. The fourth-order valence-electron chi connectivity index (χ4n) is 3.22. The minimum atomic E-state index is -0.932. The Morgan fingerprint density at radius 2 is 1.79 bits per heavy atom. The lowest BCUT2D eigenvalue weighted by atomic mass is 9.80. The molecule has 0 bridgehead atoms. The van der Waals surface area contributed by atoms with Gasteiger partial charge in [0.1, 0.15) is 0 Å². The van der Waals surface area contributed by atoms with E-state index in [-0.39, 0.29) is 11.3 Å². The van der Waals surface area contributed by atoms with Crippen molar-refractivity contribution in [2.75, 3.05) is 6.61 Å². The van der Waals surface area contributed by atoms with E-state index in [9.17, 15) is 8.78 Å². The molecule has 0 heterocycles. The van der Waals surface area contributed by atoms with Crippen LogP contribution in [0.5, 0.6) is 5.75 Å². The van der Waals surface area contributed by atoms with Crippen molar-refractivity contribution in [3.8, 4) is 17.6 Å². The minimum Gasteiger partial charge on any atom is -0.490 e. The summed E-state index contributed by atoms with van der Waals surface area (Å²) in [6.45, 7) is 4.52. The molecule has 24 heavy (non-hydrogen) atoms. The predicted octanol–water partition coefficient (Wildman–Crippen LogP) is 6.10. The SMILES string of the molecule is CCCCC1CCC(C#Cc2ccc(OCCC)c(F)c2F)CC1. The third-order valence-corrected chi connectivity index (χ3v) is 4.73. The molecule has 0 aliphatic heterocycles. The van der Waals surface area contributed by atoms with Gasteiger partial charge in [-0.3, -0.25) is 0 Å². The summed E-state index contributed by atoms with van der Waals surface area (Å²) in [6.07, 6.45) is 9.19. The monoisotopic (exact) mass is 334 g/mol. The van der Waals surface area contributed by atoms with Crippen LogP contribution in [0.15, 0.2) is 12.1 Å². The summed E-state index contributed by atoms with van der Waals surface area (Å²) in [4.78, 5) is 0. The summed E-state index contributed by atoms with van der Waals surface area (Å²) in [5.74, 6) is 5.27. The molecule has 0 atom stereocenters. The summed E-state index contributed by atoms with van der Waals surface area (Å²) in [5, 5.41) is 0. The van der Waals surface area contributed by atoms with Gasteiger partial charge in [-0.1, -0.05) is 45.0 Å². The highest BCUT2D eigenvalue weighted by molar-refractivity contribution is 5.41. The standard InChI is InChI=1S/C21H28F2O/c1-3-5-6-16-7-9-17(10-8-16)11-12-18-13-14-19(24-15-4-2)21(23)20(18)22/h13-14,16-17H,3-10,15H2,1-2H3. The lowest BCUT2D eigenvalue weighted by molar-refractivity contribution is 0.295. The van der Waals surface area contributed by atoms with Gasteiger partial charge in [0.25, 0.3) is 0 Å². The summed E-state index contributed by atoms with van der Waals surface area (Å²) in [7, 11) is 0. The summed E-state index contributed by atoms with van der Waals surface area (Å²) < 4.78 is 33.2. The summed E-state index contributed by atoms with van der Waals surface area (Å²) >= 11 is 0. The second-order valence-electron chi connectivity index (χ2n) is 6.72. The first-order valence-electron chi connectivity index (χ1n) is 9.28. The van der Waals surface area contributed by atoms with Gasteiger partial charge < -0.3 is 4.74 Å². The van der Waals surface area contributed by atoms with E-state index in [4.69, 9.17) is 4.74 Å². The zero-order valence-corrected chi connectivity index (χ0v) is 14.8. The normalized spacial score (nSPS) is 20.3. The van der Waals surface area contributed by atoms with E-state index in [2.05, 4.69) is 18.8 Å². The molecule has 3 heteroatoms. The molecule has 1 aromatic rings.